The van der Waals surface area contributed by atoms with Crippen LogP contribution in [0.2, 0.25) is 0 Å². The zero-order valence-corrected chi connectivity index (χ0v) is 11.2. The summed E-state index contributed by atoms with van der Waals surface area (Å²) in [5.74, 6) is 3.78. The molecule has 2 rings (SSSR count). The summed E-state index contributed by atoms with van der Waals surface area (Å²) in [6.07, 6.45) is -3.45. The molecule has 21 heavy (non-hydrogen) atoms. The van der Waals surface area contributed by atoms with Gasteiger partial charge in [0.05, 0.1) is 6.04 Å². The second kappa shape index (κ2) is 6.04. The number of aromatic nitrogens is 1. The summed E-state index contributed by atoms with van der Waals surface area (Å²) in [7, 11) is 0. The molecule has 0 aliphatic rings. The highest BCUT2D eigenvalue weighted by Crippen LogP contribution is 2.34. The normalized spacial score (nSPS) is 13.4. The lowest BCUT2D eigenvalue weighted by Crippen LogP contribution is -2.29. The van der Waals surface area contributed by atoms with E-state index < -0.39 is 28.9 Å². The molecule has 0 saturated carbocycles. The summed E-state index contributed by atoms with van der Waals surface area (Å²) < 4.78 is 63.7. The number of hydrogen-bond acceptors (Lipinski definition) is 4. The molecule has 9 heteroatoms. The van der Waals surface area contributed by atoms with Crippen LogP contribution in [0.4, 0.5) is 22.0 Å². The van der Waals surface area contributed by atoms with Crippen LogP contribution in [0.25, 0.3) is 0 Å². The topological polar surface area (TPSA) is 50.9 Å². The van der Waals surface area contributed by atoms with Gasteiger partial charge in [0, 0.05) is 17.1 Å². The van der Waals surface area contributed by atoms with Gasteiger partial charge in [-0.3, -0.25) is 11.3 Å². The predicted molar refractivity (Wildman–Crippen MR) is 67.2 cm³/mol. The third-order valence-electron chi connectivity index (χ3n) is 2.67. The Morgan fingerprint density at radius 2 is 1.81 bits per heavy atom. The van der Waals surface area contributed by atoms with Crippen molar-refractivity contribution in [3.63, 3.8) is 0 Å². The minimum Gasteiger partial charge on any atom is -0.271 e. The number of nitrogens with zero attached hydrogens (tertiary/aromatic N) is 1. The van der Waals surface area contributed by atoms with E-state index in [1.165, 1.54) is 0 Å². The first-order valence-electron chi connectivity index (χ1n) is 5.73. The minimum atomic E-state index is -4.53. The molecule has 0 aliphatic carbocycles. The maximum Gasteiger partial charge on any atom is 0.443 e. The van der Waals surface area contributed by atoms with Crippen molar-refractivity contribution in [1.82, 2.24) is 10.4 Å². The van der Waals surface area contributed by atoms with Crippen molar-refractivity contribution in [2.75, 3.05) is 0 Å². The van der Waals surface area contributed by atoms with Crippen LogP contribution in [0.5, 0.6) is 0 Å². The Bertz CT molecular complexity index is 605. The van der Waals surface area contributed by atoms with Crippen LogP contribution in [-0.4, -0.2) is 4.98 Å². The minimum absolute atomic E-state index is 0.0324. The summed E-state index contributed by atoms with van der Waals surface area (Å²) in [4.78, 5) is 3.51. The zero-order chi connectivity index (χ0) is 15.6. The van der Waals surface area contributed by atoms with Gasteiger partial charge in [-0.1, -0.05) is 0 Å². The second-order valence-electron chi connectivity index (χ2n) is 4.27. The molecule has 3 nitrogen and oxygen atoms in total. The van der Waals surface area contributed by atoms with E-state index >= 15 is 0 Å². The molecule has 0 bridgehead atoms. The van der Waals surface area contributed by atoms with Crippen LogP contribution >= 0.6 is 11.3 Å². The van der Waals surface area contributed by atoms with Gasteiger partial charge in [-0.05, 0) is 24.1 Å². The number of rotatable bonds is 4. The van der Waals surface area contributed by atoms with Gasteiger partial charge in [-0.25, -0.2) is 13.8 Å². The van der Waals surface area contributed by atoms with Gasteiger partial charge in [0.15, 0.2) is 5.01 Å². The Hall–Kier alpha value is -1.58. The maximum absolute atomic E-state index is 13.1. The Balaban J connectivity index is 2.22. The largest absolute Gasteiger partial charge is 0.443 e. The van der Waals surface area contributed by atoms with Crippen LogP contribution < -0.4 is 11.3 Å². The van der Waals surface area contributed by atoms with Crippen LogP contribution in [0, 0.1) is 11.6 Å². The predicted octanol–water partition coefficient (Wildman–Crippen LogP) is 3.19. The summed E-state index contributed by atoms with van der Waals surface area (Å²) >= 11 is 0.434. The summed E-state index contributed by atoms with van der Waals surface area (Å²) in [5, 5.41) is -0.997. The van der Waals surface area contributed by atoms with E-state index in [1.54, 1.807) is 0 Å². The highest BCUT2D eigenvalue weighted by atomic mass is 32.1. The molecule has 0 radical (unpaired) electrons. The highest BCUT2D eigenvalue weighted by molar-refractivity contribution is 7.11. The van der Waals surface area contributed by atoms with E-state index in [0.717, 1.165) is 18.3 Å². The number of benzene rings is 1. The van der Waals surface area contributed by atoms with E-state index in [0.29, 0.717) is 17.4 Å². The molecule has 2 aromatic rings. The van der Waals surface area contributed by atoms with Crippen LogP contribution in [0.1, 0.15) is 21.5 Å². The number of hydrazine groups is 1. The number of nitrogens with two attached hydrogens (primary N) is 1. The summed E-state index contributed by atoms with van der Waals surface area (Å²) in [6, 6.07) is 2.18. The quantitative estimate of drug-likeness (QED) is 0.516. The fourth-order valence-corrected chi connectivity index (χ4v) is 2.63. The first-order chi connectivity index (χ1) is 9.79. The van der Waals surface area contributed by atoms with E-state index in [9.17, 15) is 22.0 Å². The van der Waals surface area contributed by atoms with Gasteiger partial charge in [-0.2, -0.15) is 13.2 Å². The maximum atomic E-state index is 13.1. The zero-order valence-electron chi connectivity index (χ0n) is 10.4. The van der Waals surface area contributed by atoms with Crippen LogP contribution in [-0.2, 0) is 12.6 Å². The molecule has 0 saturated heterocycles. The molecular formula is C12H10F5N3S. The average molecular weight is 323 g/mol. The molecule has 0 amide bonds. The second-order valence-corrected chi connectivity index (χ2v) is 5.33. The lowest BCUT2D eigenvalue weighted by Gasteiger charge is -2.14. The van der Waals surface area contributed by atoms with Gasteiger partial charge in [0.2, 0.25) is 0 Å². The molecule has 1 heterocycles. The molecule has 0 spiro atoms. The monoisotopic (exact) mass is 323 g/mol. The number of nitrogens with one attached hydrogen (secondary N) is 1. The number of halogens is 5. The van der Waals surface area contributed by atoms with Crippen molar-refractivity contribution in [3.8, 4) is 0 Å². The van der Waals surface area contributed by atoms with Gasteiger partial charge in [0.1, 0.15) is 11.6 Å². The number of hydrogen-bond donors (Lipinski definition) is 2. The van der Waals surface area contributed by atoms with Crippen LogP contribution in [0.15, 0.2) is 24.4 Å². The lowest BCUT2D eigenvalue weighted by atomic mass is 10.1. The fraction of sp³-hybridized carbons (Fsp3) is 0.250. The summed E-state index contributed by atoms with van der Waals surface area (Å²) in [5.41, 5.74) is 2.60. The van der Waals surface area contributed by atoms with E-state index in [2.05, 4.69) is 10.4 Å². The van der Waals surface area contributed by atoms with Crippen molar-refractivity contribution in [2.45, 2.75) is 18.6 Å². The van der Waals surface area contributed by atoms with Crippen molar-refractivity contribution in [1.29, 1.82) is 0 Å². The molecule has 0 aliphatic heterocycles. The molecule has 1 atom stereocenters. The van der Waals surface area contributed by atoms with Crippen molar-refractivity contribution >= 4 is 11.3 Å². The number of alkyl halides is 3. The fourth-order valence-electron chi connectivity index (χ4n) is 1.78. The third-order valence-corrected chi connectivity index (χ3v) is 3.83. The Kier molecular flexibility index (Phi) is 4.55. The van der Waals surface area contributed by atoms with Crippen molar-refractivity contribution in [3.05, 3.63) is 51.5 Å². The molecule has 114 valence electrons. The average Bonchev–Trinajstić information content (AvgIpc) is 2.84. The van der Waals surface area contributed by atoms with Crippen molar-refractivity contribution < 1.29 is 22.0 Å². The Labute approximate surface area is 120 Å². The van der Waals surface area contributed by atoms with E-state index in [4.69, 9.17) is 5.84 Å². The first-order valence-corrected chi connectivity index (χ1v) is 6.55. The highest BCUT2D eigenvalue weighted by Gasteiger charge is 2.35. The SMILES string of the molecule is NNC(Cc1cc(F)cc(F)c1)c1cnc(C(F)(F)F)s1. The first kappa shape index (κ1) is 15.8. The standard InChI is InChI=1S/C12H10F5N3S/c13-7-1-6(2-8(14)4-7)3-9(20-18)10-5-19-11(21-10)12(15,16)17/h1-2,4-5,9,20H,3,18H2. The molecule has 0 fully saturated rings. The van der Waals surface area contributed by atoms with Crippen LogP contribution in [0.3, 0.4) is 0 Å². The third kappa shape index (κ3) is 3.96. The van der Waals surface area contributed by atoms with Gasteiger partial charge in [-0.15, -0.1) is 11.3 Å². The van der Waals surface area contributed by atoms with Gasteiger partial charge < -0.3 is 0 Å². The molecule has 1 unspecified atom stereocenters. The molecule has 3 N–H and O–H groups in total. The van der Waals surface area contributed by atoms with E-state index in [1.807, 2.05) is 0 Å². The van der Waals surface area contributed by atoms with Gasteiger partial charge in [0.25, 0.3) is 0 Å². The molecule has 1 aromatic carbocycles. The van der Waals surface area contributed by atoms with Crippen molar-refractivity contribution in [2.24, 2.45) is 5.84 Å². The summed E-state index contributed by atoms with van der Waals surface area (Å²) in [6.45, 7) is 0. The van der Waals surface area contributed by atoms with Gasteiger partial charge >= 0.3 is 6.18 Å². The smallest absolute Gasteiger partial charge is 0.271 e. The molecular weight excluding hydrogens is 313 g/mol. The van der Waals surface area contributed by atoms with E-state index in [-0.39, 0.29) is 16.9 Å². The lowest BCUT2D eigenvalue weighted by molar-refractivity contribution is -0.137. The Morgan fingerprint density at radius 1 is 1.19 bits per heavy atom. The Morgan fingerprint density at radius 3 is 2.29 bits per heavy atom. The molecule has 1 aromatic heterocycles. The number of thiazole rings is 1.